The number of rotatable bonds is 26. The molecule has 17 heteroatoms. The monoisotopic (exact) mass is 629 g/mol. The minimum absolute atomic E-state index is 0.0161. The van der Waals surface area contributed by atoms with Gasteiger partial charge >= 0.3 is 17.9 Å². The van der Waals surface area contributed by atoms with Gasteiger partial charge in [0.1, 0.15) is 18.4 Å². The Hall–Kier alpha value is -4.38. The number of carboxylic acid groups (broad SMARTS) is 2. The van der Waals surface area contributed by atoms with Crippen LogP contribution in [0.5, 0.6) is 0 Å². The Labute approximate surface area is 254 Å². The van der Waals surface area contributed by atoms with E-state index in [0.29, 0.717) is 32.4 Å². The fourth-order valence-electron chi connectivity index (χ4n) is 3.78. The van der Waals surface area contributed by atoms with Crippen LogP contribution in [0.4, 0.5) is 0 Å². The van der Waals surface area contributed by atoms with Crippen LogP contribution in [0, 0.1) is 11.8 Å². The molecule has 0 aromatic rings. The number of hydrogen-bond donors (Lipinski definition) is 7. The van der Waals surface area contributed by atoms with Crippen LogP contribution in [-0.4, -0.2) is 103 Å². The van der Waals surface area contributed by atoms with Crippen molar-refractivity contribution in [3.63, 3.8) is 0 Å². The maximum Gasteiger partial charge on any atom is 0.338 e. The van der Waals surface area contributed by atoms with Crippen molar-refractivity contribution in [2.45, 2.75) is 57.4 Å². The van der Waals surface area contributed by atoms with E-state index in [1.165, 1.54) is 0 Å². The van der Waals surface area contributed by atoms with Crippen LogP contribution < -0.4 is 32.2 Å². The number of nitrogens with two attached hydrogens (primary N) is 2. The third kappa shape index (κ3) is 19.7. The zero-order chi connectivity index (χ0) is 33.5. The van der Waals surface area contributed by atoms with Crippen molar-refractivity contribution in [2.24, 2.45) is 23.3 Å². The Morgan fingerprint density at radius 3 is 2.18 bits per heavy atom. The Balaban J connectivity index is 4.98. The molecule has 0 spiro atoms. The number of amides is 2. The number of aliphatic hydroxyl groups excluding tert-OH is 1. The summed E-state index contributed by atoms with van der Waals surface area (Å²) in [6.45, 7) is 2.66. The summed E-state index contributed by atoms with van der Waals surface area (Å²) in [6, 6.07) is -1.71. The van der Waals surface area contributed by atoms with Gasteiger partial charge < -0.3 is 40.2 Å². The molecule has 0 aromatic heterocycles. The molecular weight excluding hydrogens is 586 g/mol. The van der Waals surface area contributed by atoms with Gasteiger partial charge in [0.2, 0.25) is 11.8 Å². The van der Waals surface area contributed by atoms with Crippen molar-refractivity contribution in [3.05, 3.63) is 12.7 Å². The van der Waals surface area contributed by atoms with Crippen LogP contribution >= 0.6 is 0 Å². The van der Waals surface area contributed by atoms with Crippen LogP contribution in [0.25, 0.3) is 0 Å². The highest BCUT2D eigenvalue weighted by Crippen LogP contribution is 2.15. The molecule has 0 aromatic carbocycles. The maximum atomic E-state index is 12.9. The third-order valence-corrected chi connectivity index (χ3v) is 6.05. The Morgan fingerprint density at radius 1 is 0.909 bits per heavy atom. The van der Waals surface area contributed by atoms with E-state index in [0.717, 1.165) is 6.08 Å². The van der Waals surface area contributed by atoms with Crippen molar-refractivity contribution in [1.82, 2.24) is 10.6 Å². The average Bonchev–Trinajstić information content (AvgIpc) is 2.96. The number of guanidine groups is 1. The maximum absolute atomic E-state index is 12.9. The highest BCUT2D eigenvalue weighted by Gasteiger charge is 2.28. The number of carbonyl (C=O) groups is 7. The molecule has 0 aliphatic heterocycles. The van der Waals surface area contributed by atoms with Crippen LogP contribution in [-0.2, 0) is 43.0 Å². The van der Waals surface area contributed by atoms with E-state index in [-0.39, 0.29) is 44.2 Å². The number of unbranched alkanes of at least 4 members (excludes halogenated alkanes) is 1. The van der Waals surface area contributed by atoms with Crippen molar-refractivity contribution in [1.29, 1.82) is 0 Å². The molecule has 0 heterocycles. The van der Waals surface area contributed by atoms with Gasteiger partial charge in [-0.2, -0.15) is 0 Å². The van der Waals surface area contributed by atoms with Crippen molar-refractivity contribution < 1.29 is 63.3 Å². The topological polar surface area (TPSA) is 292 Å². The van der Waals surface area contributed by atoms with Gasteiger partial charge in [0, 0.05) is 43.8 Å². The molecule has 9 N–H and O–H groups in total. The summed E-state index contributed by atoms with van der Waals surface area (Å²) in [4.78, 5) is 86.1. The predicted octanol–water partition coefficient (Wildman–Crippen LogP) is -4.99. The van der Waals surface area contributed by atoms with Gasteiger partial charge in [-0.3, -0.25) is 35.6 Å². The van der Waals surface area contributed by atoms with E-state index in [2.05, 4.69) is 16.9 Å². The lowest BCUT2D eigenvalue weighted by atomic mass is 9.93. The second kappa shape index (κ2) is 23.1. The second-order valence-corrected chi connectivity index (χ2v) is 9.72. The number of carbonyl (C=O) groups excluding carboxylic acids is 6. The molecule has 3 atom stereocenters. The van der Waals surface area contributed by atoms with Gasteiger partial charge in [0.05, 0.1) is 32.2 Å². The van der Waals surface area contributed by atoms with E-state index in [1.54, 1.807) is 0 Å². The number of aliphatic carboxylic acids is 2. The van der Waals surface area contributed by atoms with Crippen LogP contribution in [0.2, 0.25) is 0 Å². The summed E-state index contributed by atoms with van der Waals surface area (Å²) in [6.07, 6.45) is 1.22. The lowest BCUT2D eigenvalue weighted by molar-refractivity contribution is -0.459. The number of aliphatic hydroxyl groups is 1. The number of hydrogen-bond acceptors (Lipinski definition) is 11. The van der Waals surface area contributed by atoms with E-state index < -0.39 is 79.4 Å². The zero-order valence-electron chi connectivity index (χ0n) is 24.5. The molecule has 0 saturated carbocycles. The molecule has 0 radical (unpaired) electrons. The van der Waals surface area contributed by atoms with Crippen molar-refractivity contribution >= 4 is 47.2 Å². The zero-order valence-corrected chi connectivity index (χ0v) is 24.5. The highest BCUT2D eigenvalue weighted by atomic mass is 16.6. The number of ketones is 2. The van der Waals surface area contributed by atoms with Gasteiger partial charge in [0.25, 0.3) is 0 Å². The third-order valence-electron chi connectivity index (χ3n) is 6.05. The molecule has 0 fully saturated rings. The van der Waals surface area contributed by atoms with E-state index in [1.807, 2.05) is 5.32 Å². The SMILES string of the molecule is C=CC(=O)OCCOCCCCC(=O)CC(CCC[NH+]=C(N)N)C(=O)NCC(=O)CC(CC(=O)[O-])C(=O)NC(CO)C(=O)O. The van der Waals surface area contributed by atoms with Gasteiger partial charge in [-0.1, -0.05) is 6.58 Å². The Kier molecular flexibility index (Phi) is 20.8. The van der Waals surface area contributed by atoms with E-state index >= 15 is 0 Å². The number of carboxylic acids is 2. The average molecular weight is 630 g/mol. The van der Waals surface area contributed by atoms with Gasteiger partial charge in [-0.25, -0.2) is 9.59 Å². The van der Waals surface area contributed by atoms with Crippen molar-refractivity contribution in [2.75, 3.05) is 39.5 Å². The number of esters is 1. The fraction of sp³-hybridized carbons (Fsp3) is 0.630. The minimum Gasteiger partial charge on any atom is -0.550 e. The Bertz CT molecular complexity index is 1030. The van der Waals surface area contributed by atoms with Gasteiger partial charge in [-0.05, 0) is 32.1 Å². The first-order valence-electron chi connectivity index (χ1n) is 13.9. The number of Topliss-reactive ketones (excluding diaryl/α,β-unsaturated/α-hetero) is 2. The van der Waals surface area contributed by atoms with Crippen LogP contribution in [0.15, 0.2) is 12.7 Å². The molecule has 0 rings (SSSR count). The van der Waals surface area contributed by atoms with Crippen LogP contribution in [0.1, 0.15) is 51.4 Å². The highest BCUT2D eigenvalue weighted by molar-refractivity contribution is 5.94. The molecule has 17 nitrogen and oxygen atoms in total. The van der Waals surface area contributed by atoms with Gasteiger partial charge in [-0.15, -0.1) is 0 Å². The standard InChI is InChI=1S/C27H43N5O12/c1-2-23(38)44-11-10-43-9-4-3-7-19(34)12-17(6-5-8-30-27(28)29)24(39)31-15-20(35)13-18(14-22(36)37)25(40)32-21(16-33)26(41)42/h2,17-18,21,33H,1,3-16H2,(H,31,39)(H,32,40)(H,36,37)(H,41,42)(H4,28,29,30). The minimum atomic E-state index is -1.71. The quantitative estimate of drug-likeness (QED) is 0.0155. The second-order valence-electron chi connectivity index (χ2n) is 9.72. The Morgan fingerprint density at radius 2 is 1.59 bits per heavy atom. The van der Waals surface area contributed by atoms with Crippen molar-refractivity contribution in [3.8, 4) is 0 Å². The number of ether oxygens (including phenoxy) is 2. The van der Waals surface area contributed by atoms with Crippen LogP contribution in [0.3, 0.4) is 0 Å². The summed E-state index contributed by atoms with van der Waals surface area (Å²) in [5, 5.41) is 33.5. The first-order valence-corrected chi connectivity index (χ1v) is 13.9. The molecule has 0 aliphatic carbocycles. The molecule has 3 unspecified atom stereocenters. The van der Waals surface area contributed by atoms with E-state index in [9.17, 15) is 38.7 Å². The first-order chi connectivity index (χ1) is 20.8. The first kappa shape index (κ1) is 39.6. The number of nitrogens with one attached hydrogen (secondary N) is 3. The summed E-state index contributed by atoms with van der Waals surface area (Å²) in [5.41, 5.74) is 10.7. The molecule has 0 saturated heterocycles. The summed E-state index contributed by atoms with van der Waals surface area (Å²) < 4.78 is 10.1. The molecule has 0 aliphatic rings. The molecule has 2 amide bonds. The van der Waals surface area contributed by atoms with E-state index in [4.69, 9.17) is 31.2 Å². The molecule has 44 heavy (non-hydrogen) atoms. The normalized spacial score (nSPS) is 12.6. The molecule has 0 bridgehead atoms. The molecular formula is C27H43N5O12. The predicted molar refractivity (Wildman–Crippen MR) is 150 cm³/mol. The molecule has 248 valence electrons. The van der Waals surface area contributed by atoms with Gasteiger partial charge in [0.15, 0.2) is 5.78 Å². The fourth-order valence-corrected chi connectivity index (χ4v) is 3.78. The summed E-state index contributed by atoms with van der Waals surface area (Å²) >= 11 is 0. The summed E-state index contributed by atoms with van der Waals surface area (Å²) in [7, 11) is 0. The lowest BCUT2D eigenvalue weighted by Gasteiger charge is -2.20. The smallest absolute Gasteiger partial charge is 0.338 e. The lowest BCUT2D eigenvalue weighted by Crippen LogP contribution is -2.78. The largest absolute Gasteiger partial charge is 0.550 e. The summed E-state index contributed by atoms with van der Waals surface area (Å²) in [5.74, 6) is -8.75.